The second-order valence-electron chi connectivity index (χ2n) is 7.47. The van der Waals surface area contributed by atoms with E-state index >= 15 is 0 Å². The summed E-state index contributed by atoms with van der Waals surface area (Å²) in [4.78, 5) is 12.7. The van der Waals surface area contributed by atoms with Gasteiger partial charge >= 0.3 is 0 Å². The fraction of sp³-hybridized carbons (Fsp3) is 0.556. The van der Waals surface area contributed by atoms with Crippen LogP contribution in [0.2, 0.25) is 0 Å². The van der Waals surface area contributed by atoms with Gasteiger partial charge in [0.1, 0.15) is 0 Å². The molecule has 0 unspecified atom stereocenters. The zero-order chi connectivity index (χ0) is 18.3. The summed E-state index contributed by atoms with van der Waals surface area (Å²) in [6.07, 6.45) is 7.19. The zero-order valence-electron chi connectivity index (χ0n) is 14.5. The minimum atomic E-state index is -3.84. The summed E-state index contributed by atoms with van der Waals surface area (Å²) in [7, 11) is -3.84. The van der Waals surface area contributed by atoms with Gasteiger partial charge in [0.05, 0.1) is 4.92 Å². The number of allylic oxidation sites excluding steroid dienone is 2. The van der Waals surface area contributed by atoms with Crippen LogP contribution < -0.4 is 0 Å². The molecule has 0 spiro atoms. The van der Waals surface area contributed by atoms with Crippen molar-refractivity contribution in [1.82, 2.24) is 9.21 Å². The van der Waals surface area contributed by atoms with Gasteiger partial charge in [-0.2, -0.15) is 4.31 Å². The van der Waals surface area contributed by atoms with E-state index in [1.807, 2.05) is 0 Å². The topological polar surface area (TPSA) is 83.8 Å². The fourth-order valence-electron chi connectivity index (χ4n) is 4.55. The van der Waals surface area contributed by atoms with E-state index in [-0.39, 0.29) is 10.6 Å². The molecule has 26 heavy (non-hydrogen) atoms. The highest BCUT2D eigenvalue weighted by molar-refractivity contribution is 7.89. The van der Waals surface area contributed by atoms with Gasteiger partial charge in [-0.05, 0) is 36.7 Å². The Hall–Kier alpha value is -1.77. The number of hydrogen-bond acceptors (Lipinski definition) is 5. The Morgan fingerprint density at radius 1 is 1.08 bits per heavy atom. The van der Waals surface area contributed by atoms with Crippen molar-refractivity contribution >= 4 is 15.7 Å². The average molecular weight is 377 g/mol. The molecule has 0 radical (unpaired) electrons. The van der Waals surface area contributed by atoms with E-state index in [2.05, 4.69) is 17.1 Å². The van der Waals surface area contributed by atoms with Gasteiger partial charge in [0.25, 0.3) is 5.69 Å². The second kappa shape index (κ2) is 6.75. The van der Waals surface area contributed by atoms with E-state index in [4.69, 9.17) is 0 Å². The van der Waals surface area contributed by atoms with Gasteiger partial charge in [0.15, 0.2) is 4.90 Å². The molecule has 7 nitrogen and oxygen atoms in total. The minimum absolute atomic E-state index is 0.211. The Labute approximate surface area is 153 Å². The van der Waals surface area contributed by atoms with Crippen molar-refractivity contribution < 1.29 is 13.3 Å². The molecule has 8 heteroatoms. The number of para-hydroxylation sites is 1. The highest BCUT2D eigenvalue weighted by atomic mass is 32.2. The van der Waals surface area contributed by atoms with Gasteiger partial charge < -0.3 is 4.90 Å². The number of nitro benzene ring substituents is 1. The Balaban J connectivity index is 1.41. The Morgan fingerprint density at radius 2 is 1.81 bits per heavy atom. The van der Waals surface area contributed by atoms with Crippen LogP contribution in [0.25, 0.3) is 0 Å². The smallest absolute Gasteiger partial charge is 0.289 e. The molecule has 2 fully saturated rings. The van der Waals surface area contributed by atoms with E-state index in [1.165, 1.54) is 41.4 Å². The molecular formula is C18H23N3O4S. The highest BCUT2D eigenvalue weighted by Gasteiger charge is 2.38. The fourth-order valence-corrected chi connectivity index (χ4v) is 6.13. The van der Waals surface area contributed by atoms with Gasteiger partial charge in [-0.15, -0.1) is 0 Å². The molecule has 140 valence electrons. The molecule has 0 N–H and O–H groups in total. The lowest BCUT2D eigenvalue weighted by Gasteiger charge is -2.36. The molecular weight excluding hydrogens is 354 g/mol. The second-order valence-corrected chi connectivity index (χ2v) is 9.38. The molecule has 2 aliphatic carbocycles. The van der Waals surface area contributed by atoms with Crippen LogP contribution in [-0.2, 0) is 10.0 Å². The largest absolute Gasteiger partial charge is 0.300 e. The van der Waals surface area contributed by atoms with Crippen molar-refractivity contribution in [2.24, 2.45) is 17.8 Å². The number of nitrogens with zero attached hydrogens (tertiary/aromatic N) is 3. The van der Waals surface area contributed by atoms with Gasteiger partial charge in [-0.25, -0.2) is 8.42 Å². The van der Waals surface area contributed by atoms with E-state index in [1.54, 1.807) is 0 Å². The Morgan fingerprint density at radius 3 is 2.42 bits per heavy atom. The normalized spacial score (nSPS) is 29.3. The maximum atomic E-state index is 12.9. The van der Waals surface area contributed by atoms with Crippen LogP contribution in [-0.4, -0.2) is 55.3 Å². The third kappa shape index (κ3) is 3.17. The van der Waals surface area contributed by atoms with Crippen LogP contribution in [0, 0.1) is 27.9 Å². The molecule has 1 heterocycles. The molecule has 0 aromatic heterocycles. The summed E-state index contributed by atoms with van der Waals surface area (Å²) in [6, 6.07) is 5.57. The lowest BCUT2D eigenvalue weighted by molar-refractivity contribution is -0.387. The Kier molecular flexibility index (Phi) is 4.58. The summed E-state index contributed by atoms with van der Waals surface area (Å²) in [5.74, 6) is 2.11. The van der Waals surface area contributed by atoms with Gasteiger partial charge in [0.2, 0.25) is 10.0 Å². The molecule has 3 atom stereocenters. The molecule has 0 amide bonds. The number of benzene rings is 1. The summed E-state index contributed by atoms with van der Waals surface area (Å²) in [5, 5.41) is 11.2. The van der Waals surface area contributed by atoms with E-state index in [9.17, 15) is 18.5 Å². The highest BCUT2D eigenvalue weighted by Crippen LogP contribution is 2.43. The summed E-state index contributed by atoms with van der Waals surface area (Å²) < 4.78 is 27.1. The standard InChI is InChI=1S/C18H23N3O4S/c22-21(23)17-3-1-2-4-18(17)26(24,25)20-9-7-19(8-10-20)13-16-12-14-5-6-15(16)11-14/h1-6,14-16H,7-13H2/t14-,15-,16+/m0/s1. The van der Waals surface area contributed by atoms with Gasteiger partial charge in [-0.3, -0.25) is 10.1 Å². The number of hydrogen-bond donors (Lipinski definition) is 0. The first kappa shape index (κ1) is 17.6. The van der Waals surface area contributed by atoms with E-state index in [0.29, 0.717) is 38.0 Å². The predicted octanol–water partition coefficient (Wildman–Crippen LogP) is 2.11. The van der Waals surface area contributed by atoms with Crippen molar-refractivity contribution in [2.45, 2.75) is 17.7 Å². The van der Waals surface area contributed by atoms with Crippen molar-refractivity contribution in [3.63, 3.8) is 0 Å². The SMILES string of the molecule is O=[N+]([O-])c1ccccc1S(=O)(=O)N1CCN(C[C@H]2C[C@H]3C=C[C@H]2C3)CC1. The number of rotatable bonds is 5. The Bertz CT molecular complexity index is 831. The number of nitro groups is 1. The third-order valence-corrected chi connectivity index (χ3v) is 7.87. The molecule has 3 aliphatic rings. The molecule has 4 rings (SSSR count). The third-order valence-electron chi connectivity index (χ3n) is 5.92. The first-order valence-corrected chi connectivity index (χ1v) is 10.5. The van der Waals surface area contributed by atoms with Crippen LogP contribution in [0.5, 0.6) is 0 Å². The van der Waals surface area contributed by atoms with Crippen LogP contribution in [0.1, 0.15) is 12.8 Å². The summed E-state index contributed by atoms with van der Waals surface area (Å²) in [5.41, 5.74) is -0.358. The molecule has 2 bridgehead atoms. The monoisotopic (exact) mass is 377 g/mol. The van der Waals surface area contributed by atoms with Crippen molar-refractivity contribution in [3.8, 4) is 0 Å². The van der Waals surface area contributed by atoms with Crippen molar-refractivity contribution in [1.29, 1.82) is 0 Å². The molecule has 1 saturated carbocycles. The predicted molar refractivity (Wildman–Crippen MR) is 97.1 cm³/mol. The summed E-state index contributed by atoms with van der Waals surface area (Å²) >= 11 is 0. The zero-order valence-corrected chi connectivity index (χ0v) is 15.3. The molecule has 1 aliphatic heterocycles. The number of fused-ring (bicyclic) bond motifs is 2. The average Bonchev–Trinajstić information content (AvgIpc) is 3.25. The maximum Gasteiger partial charge on any atom is 0.289 e. The van der Waals surface area contributed by atoms with Crippen molar-refractivity contribution in [2.75, 3.05) is 32.7 Å². The molecule has 1 saturated heterocycles. The first-order chi connectivity index (χ1) is 12.4. The lowest BCUT2D eigenvalue weighted by Crippen LogP contribution is -2.50. The first-order valence-electron chi connectivity index (χ1n) is 9.09. The van der Waals surface area contributed by atoms with Gasteiger partial charge in [0, 0.05) is 38.8 Å². The van der Waals surface area contributed by atoms with Crippen LogP contribution >= 0.6 is 0 Å². The minimum Gasteiger partial charge on any atom is -0.300 e. The quantitative estimate of drug-likeness (QED) is 0.446. The molecule has 1 aromatic carbocycles. The van der Waals surface area contributed by atoms with Crippen LogP contribution in [0.15, 0.2) is 41.3 Å². The van der Waals surface area contributed by atoms with Gasteiger partial charge in [-0.1, -0.05) is 24.3 Å². The van der Waals surface area contributed by atoms with E-state index in [0.717, 1.165) is 12.5 Å². The number of piperazine rings is 1. The van der Waals surface area contributed by atoms with Crippen molar-refractivity contribution in [3.05, 3.63) is 46.5 Å². The maximum absolute atomic E-state index is 12.9. The number of sulfonamides is 1. The lowest BCUT2D eigenvalue weighted by atomic mass is 9.93. The summed E-state index contributed by atoms with van der Waals surface area (Å²) in [6.45, 7) is 3.13. The van der Waals surface area contributed by atoms with Crippen LogP contribution in [0.3, 0.4) is 0 Å². The van der Waals surface area contributed by atoms with Crippen LogP contribution in [0.4, 0.5) is 5.69 Å². The van der Waals surface area contributed by atoms with E-state index < -0.39 is 14.9 Å². The molecule has 1 aromatic rings.